The average molecular weight is 567 g/mol. The lowest BCUT2D eigenvalue weighted by Crippen LogP contribution is -2.35. The fourth-order valence-corrected chi connectivity index (χ4v) is 4.57. The van der Waals surface area contributed by atoms with E-state index in [1.54, 1.807) is 0 Å². The normalized spacial score (nSPS) is 12.4. The molecule has 38 heavy (non-hydrogen) atoms. The van der Waals surface area contributed by atoms with E-state index in [1.807, 2.05) is 0 Å². The number of unbranched alkanes of at least 4 members (excludes halogenated alkanes) is 14. The molecule has 0 aliphatic rings. The summed E-state index contributed by atoms with van der Waals surface area (Å²) in [6.07, 6.45) is 18.2. The van der Waals surface area contributed by atoms with Gasteiger partial charge in [-0.15, -0.1) is 0 Å². The Kier molecular flexibility index (Phi) is 25.2. The van der Waals surface area contributed by atoms with Gasteiger partial charge in [0.2, 0.25) is 0 Å². The SMILES string of the molecule is CCCCCCCCCCOCCOC(=O)CC(C(=O)OCCOCCCCCCCCCC)S(=O)(=O)O. The van der Waals surface area contributed by atoms with Crippen LogP contribution in [0.1, 0.15) is 123 Å². The quantitative estimate of drug-likeness (QED) is 0.0686. The Morgan fingerprint density at radius 1 is 0.579 bits per heavy atom. The highest BCUT2D eigenvalue weighted by Gasteiger charge is 2.35. The molecule has 0 aliphatic heterocycles. The molecule has 0 heterocycles. The molecule has 0 radical (unpaired) electrons. The molecule has 0 aromatic carbocycles. The number of esters is 2. The van der Waals surface area contributed by atoms with Gasteiger partial charge in [0, 0.05) is 13.2 Å². The molecule has 0 amide bonds. The minimum atomic E-state index is -4.83. The van der Waals surface area contributed by atoms with E-state index in [4.69, 9.17) is 18.9 Å². The summed E-state index contributed by atoms with van der Waals surface area (Å²) >= 11 is 0. The van der Waals surface area contributed by atoms with Gasteiger partial charge in [-0.2, -0.15) is 8.42 Å². The monoisotopic (exact) mass is 566 g/mol. The fourth-order valence-electron chi connectivity index (χ4n) is 3.91. The highest BCUT2D eigenvalue weighted by atomic mass is 32.2. The van der Waals surface area contributed by atoms with Crippen LogP contribution in [0.5, 0.6) is 0 Å². The number of carbonyl (C=O) groups excluding carboxylic acids is 2. The second kappa shape index (κ2) is 26.0. The first-order valence-corrected chi connectivity index (χ1v) is 16.3. The molecule has 0 fully saturated rings. The topological polar surface area (TPSA) is 125 Å². The zero-order valence-corrected chi connectivity index (χ0v) is 24.8. The Hall–Kier alpha value is -1.23. The van der Waals surface area contributed by atoms with Crippen LogP contribution < -0.4 is 0 Å². The number of hydrogen-bond acceptors (Lipinski definition) is 8. The summed E-state index contributed by atoms with van der Waals surface area (Å²) in [5, 5.41) is -2.03. The van der Waals surface area contributed by atoms with E-state index in [0.29, 0.717) is 13.2 Å². The highest BCUT2D eigenvalue weighted by molar-refractivity contribution is 7.87. The third kappa shape index (κ3) is 23.9. The second-order valence-corrected chi connectivity index (χ2v) is 11.4. The summed E-state index contributed by atoms with van der Waals surface area (Å²) in [4.78, 5) is 24.1. The van der Waals surface area contributed by atoms with E-state index in [-0.39, 0.29) is 26.4 Å². The summed E-state index contributed by atoms with van der Waals surface area (Å²) in [5.74, 6) is -2.13. The van der Waals surface area contributed by atoms with E-state index in [9.17, 15) is 22.6 Å². The largest absolute Gasteiger partial charge is 0.463 e. The van der Waals surface area contributed by atoms with Gasteiger partial charge in [-0.1, -0.05) is 104 Å². The second-order valence-electron chi connectivity index (χ2n) is 9.77. The van der Waals surface area contributed by atoms with E-state index in [2.05, 4.69) is 13.8 Å². The Morgan fingerprint density at radius 3 is 1.39 bits per heavy atom. The summed E-state index contributed by atoms with van der Waals surface area (Å²) in [7, 11) is -4.83. The fraction of sp³-hybridized carbons (Fsp3) is 0.929. The molecule has 0 saturated heterocycles. The Morgan fingerprint density at radius 2 is 0.974 bits per heavy atom. The summed E-state index contributed by atoms with van der Waals surface area (Å²) in [6.45, 7) is 5.56. The smallest absolute Gasteiger partial charge is 0.327 e. The average Bonchev–Trinajstić information content (AvgIpc) is 2.87. The summed E-state index contributed by atoms with van der Waals surface area (Å²) < 4.78 is 53.2. The molecule has 1 unspecified atom stereocenters. The predicted octanol–water partition coefficient (Wildman–Crippen LogP) is 6.03. The van der Waals surface area contributed by atoms with Crippen molar-refractivity contribution in [1.29, 1.82) is 0 Å². The lowest BCUT2D eigenvalue weighted by Gasteiger charge is -2.13. The molecule has 9 nitrogen and oxygen atoms in total. The minimum absolute atomic E-state index is 0.0598. The van der Waals surface area contributed by atoms with Gasteiger partial charge in [0.25, 0.3) is 10.1 Å². The van der Waals surface area contributed by atoms with Crippen molar-refractivity contribution in [2.45, 2.75) is 128 Å². The summed E-state index contributed by atoms with van der Waals surface area (Å²) in [6, 6.07) is 0. The number of rotatable bonds is 28. The molecule has 0 aliphatic carbocycles. The molecule has 0 rings (SSSR count). The maximum Gasteiger partial charge on any atom is 0.327 e. The van der Waals surface area contributed by atoms with Crippen molar-refractivity contribution in [3.63, 3.8) is 0 Å². The van der Waals surface area contributed by atoms with Crippen LogP contribution in [-0.4, -0.2) is 69.8 Å². The van der Waals surface area contributed by atoms with Crippen LogP contribution in [0.4, 0.5) is 0 Å². The van der Waals surface area contributed by atoms with Crippen molar-refractivity contribution < 1.29 is 41.5 Å². The van der Waals surface area contributed by atoms with Crippen LogP contribution in [0.15, 0.2) is 0 Å². The molecule has 0 saturated carbocycles. The van der Waals surface area contributed by atoms with Crippen molar-refractivity contribution in [2.24, 2.45) is 0 Å². The van der Waals surface area contributed by atoms with Gasteiger partial charge in [0.1, 0.15) is 13.2 Å². The van der Waals surface area contributed by atoms with Crippen molar-refractivity contribution in [3.05, 3.63) is 0 Å². The summed E-state index contributed by atoms with van der Waals surface area (Å²) in [5.41, 5.74) is 0. The van der Waals surface area contributed by atoms with Crippen molar-refractivity contribution in [1.82, 2.24) is 0 Å². The van der Waals surface area contributed by atoms with Crippen LogP contribution in [0.2, 0.25) is 0 Å². The van der Waals surface area contributed by atoms with Crippen LogP contribution in [0, 0.1) is 0 Å². The first-order valence-electron chi connectivity index (χ1n) is 14.8. The van der Waals surface area contributed by atoms with Gasteiger partial charge in [-0.25, -0.2) is 0 Å². The maximum absolute atomic E-state index is 12.1. The first-order chi connectivity index (χ1) is 18.3. The van der Waals surface area contributed by atoms with Gasteiger partial charge < -0.3 is 18.9 Å². The standard InChI is InChI=1S/C28H54O9S/c1-3-5-7-9-11-13-15-17-19-34-21-23-36-27(29)25-26(38(31,32)33)28(30)37-24-22-35-20-18-16-14-12-10-8-6-4-2/h26H,3-25H2,1-2H3,(H,31,32,33). The number of carbonyl (C=O) groups is 2. The van der Waals surface area contributed by atoms with Crippen LogP contribution >= 0.6 is 0 Å². The van der Waals surface area contributed by atoms with Gasteiger partial charge >= 0.3 is 11.9 Å². The first kappa shape index (κ1) is 36.8. The molecule has 226 valence electrons. The lowest BCUT2D eigenvalue weighted by atomic mass is 10.1. The van der Waals surface area contributed by atoms with Gasteiger partial charge in [-0.3, -0.25) is 14.1 Å². The predicted molar refractivity (Wildman–Crippen MR) is 149 cm³/mol. The zero-order chi connectivity index (χ0) is 28.3. The van der Waals surface area contributed by atoms with Crippen molar-refractivity contribution in [3.8, 4) is 0 Å². The molecule has 0 bridgehead atoms. The van der Waals surface area contributed by atoms with E-state index in [1.165, 1.54) is 77.0 Å². The molecule has 0 aromatic heterocycles. The Labute approximate surface area is 231 Å². The Balaban J connectivity index is 3.88. The molecule has 0 aromatic rings. The maximum atomic E-state index is 12.1. The van der Waals surface area contributed by atoms with E-state index < -0.39 is 33.7 Å². The molecule has 1 atom stereocenters. The minimum Gasteiger partial charge on any atom is -0.463 e. The van der Waals surface area contributed by atoms with Crippen molar-refractivity contribution >= 4 is 22.1 Å². The lowest BCUT2D eigenvalue weighted by molar-refractivity contribution is -0.151. The highest BCUT2D eigenvalue weighted by Crippen LogP contribution is 2.11. The third-order valence-corrected chi connectivity index (χ3v) is 7.30. The van der Waals surface area contributed by atoms with Gasteiger partial charge in [0.05, 0.1) is 19.6 Å². The van der Waals surface area contributed by atoms with Gasteiger partial charge in [0.15, 0.2) is 5.25 Å². The van der Waals surface area contributed by atoms with E-state index >= 15 is 0 Å². The molecule has 0 spiro atoms. The van der Waals surface area contributed by atoms with E-state index in [0.717, 1.165) is 25.7 Å². The Bertz CT molecular complexity index is 667. The zero-order valence-electron chi connectivity index (χ0n) is 24.0. The number of ether oxygens (including phenoxy) is 4. The van der Waals surface area contributed by atoms with Gasteiger partial charge in [-0.05, 0) is 12.8 Å². The molecule has 1 N–H and O–H groups in total. The molecule has 10 heteroatoms. The molecular weight excluding hydrogens is 512 g/mol. The molecular formula is C28H54O9S. The van der Waals surface area contributed by atoms with Crippen LogP contribution in [0.25, 0.3) is 0 Å². The van der Waals surface area contributed by atoms with Crippen LogP contribution in [-0.2, 0) is 38.7 Å². The van der Waals surface area contributed by atoms with Crippen LogP contribution in [0.3, 0.4) is 0 Å². The number of hydrogen-bond donors (Lipinski definition) is 1. The van der Waals surface area contributed by atoms with Crippen molar-refractivity contribution in [2.75, 3.05) is 39.6 Å². The third-order valence-electron chi connectivity index (χ3n) is 6.22.